The van der Waals surface area contributed by atoms with E-state index >= 15 is 0 Å². The van der Waals surface area contributed by atoms with Gasteiger partial charge in [-0.1, -0.05) is 11.6 Å². The highest BCUT2D eigenvalue weighted by Gasteiger charge is 2.11. The molecule has 0 radical (unpaired) electrons. The number of halogens is 2. The quantitative estimate of drug-likeness (QED) is 0.561. The first-order valence-corrected chi connectivity index (χ1v) is 6.62. The molecule has 1 aromatic carbocycles. The maximum Gasteiger partial charge on any atom is 0.163 e. The van der Waals surface area contributed by atoms with Crippen molar-refractivity contribution in [2.75, 3.05) is 5.43 Å². The van der Waals surface area contributed by atoms with Crippen LogP contribution in [0.3, 0.4) is 0 Å². The molecule has 7 heteroatoms. The molecule has 0 saturated carbocycles. The number of rotatable bonds is 2. The lowest BCUT2D eigenvalue weighted by Gasteiger charge is -2.06. The van der Waals surface area contributed by atoms with Gasteiger partial charge in [0.1, 0.15) is 10.6 Å². The summed E-state index contributed by atoms with van der Waals surface area (Å²) < 4.78 is 13.2. The molecule has 0 bridgehead atoms. The Labute approximate surface area is 117 Å². The zero-order chi connectivity index (χ0) is 13.4. The van der Waals surface area contributed by atoms with E-state index in [9.17, 15) is 4.39 Å². The SMILES string of the molecule is NNc1nc(-c2ccc(F)c(Cl)c2)nc2sccc12. The van der Waals surface area contributed by atoms with Crippen LogP contribution in [0.4, 0.5) is 10.2 Å². The fraction of sp³-hybridized carbons (Fsp3) is 0. The average Bonchev–Trinajstić information content (AvgIpc) is 2.89. The van der Waals surface area contributed by atoms with E-state index in [1.165, 1.54) is 23.5 Å². The Bertz CT molecular complexity index is 759. The molecular formula is C12H8ClFN4S. The molecule has 0 unspecified atom stereocenters. The van der Waals surface area contributed by atoms with Gasteiger partial charge in [-0.2, -0.15) is 0 Å². The van der Waals surface area contributed by atoms with Gasteiger partial charge in [-0.15, -0.1) is 11.3 Å². The number of fused-ring (bicyclic) bond motifs is 1. The molecule has 2 heterocycles. The first kappa shape index (κ1) is 12.3. The Hall–Kier alpha value is -1.76. The van der Waals surface area contributed by atoms with Crippen molar-refractivity contribution >= 4 is 39.0 Å². The number of nitrogen functional groups attached to an aromatic ring is 1. The molecule has 19 heavy (non-hydrogen) atoms. The number of hydrazine groups is 1. The second-order valence-corrected chi connectivity index (χ2v) is 5.11. The van der Waals surface area contributed by atoms with Crippen LogP contribution in [-0.2, 0) is 0 Å². The van der Waals surface area contributed by atoms with Crippen LogP contribution >= 0.6 is 22.9 Å². The van der Waals surface area contributed by atoms with Crippen molar-refractivity contribution in [3.8, 4) is 11.4 Å². The van der Waals surface area contributed by atoms with Crippen molar-refractivity contribution < 1.29 is 4.39 Å². The molecule has 0 aliphatic heterocycles. The Kier molecular flexibility index (Phi) is 3.06. The van der Waals surface area contributed by atoms with E-state index < -0.39 is 5.82 Å². The summed E-state index contributed by atoms with van der Waals surface area (Å²) in [4.78, 5) is 9.53. The van der Waals surface area contributed by atoms with Crippen LogP contribution in [-0.4, -0.2) is 9.97 Å². The van der Waals surface area contributed by atoms with Crippen LogP contribution in [0.2, 0.25) is 5.02 Å². The van der Waals surface area contributed by atoms with Gasteiger partial charge in [0.2, 0.25) is 0 Å². The molecule has 3 aromatic rings. The first-order valence-electron chi connectivity index (χ1n) is 5.36. The van der Waals surface area contributed by atoms with Crippen LogP contribution in [0.15, 0.2) is 29.6 Å². The smallest absolute Gasteiger partial charge is 0.163 e. The van der Waals surface area contributed by atoms with E-state index in [2.05, 4.69) is 15.4 Å². The van der Waals surface area contributed by atoms with Crippen molar-refractivity contribution in [1.82, 2.24) is 9.97 Å². The number of hydrogen-bond acceptors (Lipinski definition) is 5. The number of hydrogen-bond donors (Lipinski definition) is 2. The summed E-state index contributed by atoms with van der Waals surface area (Å²) in [5.41, 5.74) is 3.18. The molecule has 96 valence electrons. The molecule has 0 aliphatic rings. The highest BCUT2D eigenvalue weighted by molar-refractivity contribution is 7.16. The van der Waals surface area contributed by atoms with Crippen LogP contribution in [0, 0.1) is 5.82 Å². The number of aromatic nitrogens is 2. The van der Waals surface area contributed by atoms with Gasteiger partial charge < -0.3 is 5.43 Å². The zero-order valence-electron chi connectivity index (χ0n) is 9.52. The lowest BCUT2D eigenvalue weighted by molar-refractivity contribution is 0.628. The molecular weight excluding hydrogens is 287 g/mol. The lowest BCUT2D eigenvalue weighted by atomic mass is 10.2. The Balaban J connectivity index is 2.21. The van der Waals surface area contributed by atoms with Gasteiger partial charge in [-0.3, -0.25) is 0 Å². The van der Waals surface area contributed by atoms with Gasteiger partial charge in [0.05, 0.1) is 10.4 Å². The highest BCUT2D eigenvalue weighted by Crippen LogP contribution is 2.29. The van der Waals surface area contributed by atoms with Gasteiger partial charge >= 0.3 is 0 Å². The third-order valence-electron chi connectivity index (χ3n) is 2.64. The van der Waals surface area contributed by atoms with E-state index in [0.717, 1.165) is 10.2 Å². The van der Waals surface area contributed by atoms with Crippen molar-refractivity contribution in [2.45, 2.75) is 0 Å². The fourth-order valence-electron chi connectivity index (χ4n) is 1.73. The minimum absolute atomic E-state index is 0.0367. The standard InChI is InChI=1S/C12H8ClFN4S/c13-8-5-6(1-2-9(8)14)10-16-11(18-15)7-3-4-19-12(7)17-10/h1-5H,15H2,(H,16,17,18). The summed E-state index contributed by atoms with van der Waals surface area (Å²) >= 11 is 7.25. The van der Waals surface area contributed by atoms with E-state index in [-0.39, 0.29) is 5.02 Å². The largest absolute Gasteiger partial charge is 0.308 e. The molecule has 0 atom stereocenters. The average molecular weight is 295 g/mol. The normalized spacial score (nSPS) is 10.9. The second kappa shape index (κ2) is 4.73. The van der Waals surface area contributed by atoms with E-state index in [0.29, 0.717) is 17.2 Å². The maximum atomic E-state index is 13.2. The van der Waals surface area contributed by atoms with Crippen LogP contribution in [0.1, 0.15) is 0 Å². The number of anilines is 1. The number of nitrogens with zero attached hydrogens (tertiary/aromatic N) is 2. The van der Waals surface area contributed by atoms with E-state index in [1.807, 2.05) is 11.4 Å². The summed E-state index contributed by atoms with van der Waals surface area (Å²) in [5.74, 6) is 5.96. The number of thiophene rings is 1. The number of benzene rings is 1. The highest BCUT2D eigenvalue weighted by atomic mass is 35.5. The van der Waals surface area contributed by atoms with Gasteiger partial charge in [0.15, 0.2) is 11.6 Å². The molecule has 2 aromatic heterocycles. The minimum atomic E-state index is -0.472. The molecule has 3 N–H and O–H groups in total. The van der Waals surface area contributed by atoms with Crippen LogP contribution in [0.5, 0.6) is 0 Å². The topological polar surface area (TPSA) is 63.8 Å². The molecule has 0 aliphatic carbocycles. The first-order chi connectivity index (χ1) is 9.19. The van der Waals surface area contributed by atoms with Gasteiger partial charge in [0, 0.05) is 5.56 Å². The monoisotopic (exact) mass is 294 g/mol. The second-order valence-electron chi connectivity index (χ2n) is 3.81. The zero-order valence-corrected chi connectivity index (χ0v) is 11.1. The predicted octanol–water partition coefficient (Wildman–Crippen LogP) is 3.44. The summed E-state index contributed by atoms with van der Waals surface area (Å²) in [5, 5.41) is 2.79. The molecule has 0 fully saturated rings. The molecule has 0 amide bonds. The summed E-state index contributed by atoms with van der Waals surface area (Å²) in [7, 11) is 0. The molecule has 0 spiro atoms. The third-order valence-corrected chi connectivity index (χ3v) is 3.74. The predicted molar refractivity (Wildman–Crippen MR) is 75.6 cm³/mol. The summed E-state index contributed by atoms with van der Waals surface area (Å²) in [6.07, 6.45) is 0. The van der Waals surface area contributed by atoms with E-state index in [4.69, 9.17) is 17.4 Å². The van der Waals surface area contributed by atoms with Gasteiger partial charge in [-0.25, -0.2) is 20.2 Å². The van der Waals surface area contributed by atoms with Gasteiger partial charge in [0.25, 0.3) is 0 Å². The Morgan fingerprint density at radius 3 is 2.84 bits per heavy atom. The maximum absolute atomic E-state index is 13.2. The van der Waals surface area contributed by atoms with Gasteiger partial charge in [-0.05, 0) is 29.6 Å². The van der Waals surface area contributed by atoms with Crippen molar-refractivity contribution in [3.05, 3.63) is 40.5 Å². The van der Waals surface area contributed by atoms with Crippen molar-refractivity contribution in [3.63, 3.8) is 0 Å². The lowest BCUT2D eigenvalue weighted by Crippen LogP contribution is -2.09. The summed E-state index contributed by atoms with van der Waals surface area (Å²) in [6.45, 7) is 0. The Morgan fingerprint density at radius 1 is 1.26 bits per heavy atom. The summed E-state index contributed by atoms with van der Waals surface area (Å²) in [6, 6.07) is 6.24. The number of nitrogens with one attached hydrogen (secondary N) is 1. The molecule has 3 rings (SSSR count). The van der Waals surface area contributed by atoms with E-state index in [1.54, 1.807) is 6.07 Å². The van der Waals surface area contributed by atoms with Crippen molar-refractivity contribution in [1.29, 1.82) is 0 Å². The molecule has 4 nitrogen and oxygen atoms in total. The minimum Gasteiger partial charge on any atom is -0.308 e. The van der Waals surface area contributed by atoms with Crippen molar-refractivity contribution in [2.24, 2.45) is 5.84 Å². The van der Waals surface area contributed by atoms with Crippen LogP contribution < -0.4 is 11.3 Å². The Morgan fingerprint density at radius 2 is 2.11 bits per heavy atom. The fourth-order valence-corrected chi connectivity index (χ4v) is 2.67. The van der Waals surface area contributed by atoms with Crippen LogP contribution in [0.25, 0.3) is 21.6 Å². The third kappa shape index (κ3) is 2.14. The molecule has 0 saturated heterocycles. The number of nitrogens with two attached hydrogens (primary N) is 1.